The minimum atomic E-state index is -0.0775. The van der Waals surface area contributed by atoms with E-state index in [1.807, 2.05) is 0 Å². The topological polar surface area (TPSA) is 0 Å². The second kappa shape index (κ2) is 4.29. The van der Waals surface area contributed by atoms with Gasteiger partial charge in [0.1, 0.15) is 0 Å². The zero-order valence-corrected chi connectivity index (χ0v) is 11.9. The van der Waals surface area contributed by atoms with Crippen molar-refractivity contribution in [3.63, 3.8) is 0 Å². The number of rotatable bonds is 3. The van der Waals surface area contributed by atoms with Gasteiger partial charge >= 0.3 is 0 Å². The van der Waals surface area contributed by atoms with Gasteiger partial charge in [0.15, 0.2) is 0 Å². The summed E-state index contributed by atoms with van der Waals surface area (Å²) in [6, 6.07) is 8.68. The molecule has 1 rings (SSSR count). The third kappa shape index (κ3) is 2.70. The zero-order chi connectivity index (χ0) is 12.6. The molecule has 0 fully saturated rings. The van der Waals surface area contributed by atoms with Crippen molar-refractivity contribution < 1.29 is 0 Å². The number of thiol groups is 1. The van der Waals surface area contributed by atoms with Gasteiger partial charge in [-0.1, -0.05) is 50.3 Å². The average molecular weight is 234 g/mol. The lowest BCUT2D eigenvalue weighted by atomic mass is 9.78. The van der Waals surface area contributed by atoms with Gasteiger partial charge < -0.3 is 0 Å². The molecule has 0 aromatic heterocycles. The van der Waals surface area contributed by atoms with Crippen LogP contribution < -0.4 is 0 Å². The molecule has 0 unspecified atom stereocenters. The molecule has 0 bridgehead atoms. The molecule has 0 amide bonds. The lowest BCUT2D eigenvalue weighted by molar-refractivity contribution is 0.625. The Kier molecular flexibility index (Phi) is 3.59. The lowest BCUT2D eigenvalue weighted by Gasteiger charge is -2.27. The molecule has 0 radical (unpaired) electrons. The molecule has 0 N–H and O–H groups in total. The van der Waals surface area contributed by atoms with Crippen LogP contribution in [-0.2, 0) is 10.2 Å². The van der Waals surface area contributed by atoms with Crippen LogP contribution >= 0.6 is 12.6 Å². The molecule has 0 heterocycles. The minimum absolute atomic E-state index is 0.0409. The Morgan fingerprint density at radius 1 is 1.00 bits per heavy atom. The van der Waals surface area contributed by atoms with Crippen LogP contribution in [0.3, 0.4) is 0 Å². The lowest BCUT2D eigenvalue weighted by Crippen LogP contribution is -2.18. The first kappa shape index (κ1) is 13.4. The van der Waals surface area contributed by atoms with Gasteiger partial charge in [0, 0.05) is 10.2 Å². The third-order valence-electron chi connectivity index (χ3n) is 3.38. The van der Waals surface area contributed by atoms with Gasteiger partial charge in [0.05, 0.1) is 0 Å². The van der Waals surface area contributed by atoms with E-state index in [0.29, 0.717) is 0 Å². The van der Waals surface area contributed by atoms with E-state index >= 15 is 0 Å². The Bertz CT molecular complexity index is 377. The van der Waals surface area contributed by atoms with Crippen molar-refractivity contribution >= 4 is 12.6 Å². The molecule has 0 aliphatic carbocycles. The van der Waals surface area contributed by atoms with E-state index in [1.165, 1.54) is 16.7 Å². The van der Waals surface area contributed by atoms with Gasteiger partial charge in [0.25, 0.3) is 0 Å². The van der Waals surface area contributed by atoms with Crippen molar-refractivity contribution in [2.45, 2.75) is 44.8 Å². The van der Waals surface area contributed by atoms with Crippen molar-refractivity contribution in [1.82, 2.24) is 0 Å². The Balaban J connectivity index is 3.09. The van der Waals surface area contributed by atoms with Crippen LogP contribution in [0.5, 0.6) is 0 Å². The number of allylic oxidation sites excluding steroid dienone is 1. The quantitative estimate of drug-likeness (QED) is 0.568. The summed E-state index contributed by atoms with van der Waals surface area (Å²) in [5.41, 5.74) is 3.78. The fourth-order valence-electron chi connectivity index (χ4n) is 1.54. The van der Waals surface area contributed by atoms with E-state index in [1.54, 1.807) is 0 Å². The van der Waals surface area contributed by atoms with Crippen molar-refractivity contribution in [3.05, 3.63) is 47.5 Å². The molecule has 1 aromatic carbocycles. The summed E-state index contributed by atoms with van der Waals surface area (Å²) in [6.45, 7) is 14.8. The van der Waals surface area contributed by atoms with E-state index in [2.05, 4.69) is 78.1 Å². The average Bonchev–Trinajstić information content (AvgIpc) is 2.16. The minimum Gasteiger partial charge on any atom is -0.168 e. The predicted molar refractivity (Wildman–Crippen MR) is 76.3 cm³/mol. The number of benzene rings is 1. The fraction of sp³-hybridized carbons (Fsp3) is 0.467. The fourth-order valence-corrected chi connectivity index (χ4v) is 1.69. The largest absolute Gasteiger partial charge is 0.168 e. The number of hydrogen-bond donors (Lipinski definition) is 1. The van der Waals surface area contributed by atoms with Gasteiger partial charge in [-0.2, -0.15) is 12.6 Å². The van der Waals surface area contributed by atoms with Crippen LogP contribution in [-0.4, -0.2) is 0 Å². The van der Waals surface area contributed by atoms with Crippen molar-refractivity contribution in [2.24, 2.45) is 0 Å². The molecule has 1 aromatic rings. The van der Waals surface area contributed by atoms with Gasteiger partial charge in [-0.25, -0.2) is 0 Å². The summed E-state index contributed by atoms with van der Waals surface area (Å²) in [4.78, 5) is 0. The first-order chi connectivity index (χ1) is 7.15. The highest BCUT2D eigenvalue weighted by atomic mass is 32.1. The van der Waals surface area contributed by atoms with E-state index < -0.39 is 0 Å². The molecule has 1 heteroatoms. The van der Waals surface area contributed by atoms with Crippen LogP contribution in [0.1, 0.15) is 45.7 Å². The summed E-state index contributed by atoms with van der Waals surface area (Å²) >= 11 is 4.57. The summed E-state index contributed by atoms with van der Waals surface area (Å²) < 4.78 is -0.0775. The van der Waals surface area contributed by atoms with Crippen LogP contribution in [0.2, 0.25) is 0 Å². The van der Waals surface area contributed by atoms with Gasteiger partial charge in [-0.15, -0.1) is 0 Å². The van der Waals surface area contributed by atoms with Gasteiger partial charge in [0.2, 0.25) is 0 Å². The Labute approximate surface area is 105 Å². The predicted octanol–water partition coefficient (Wildman–Crippen LogP) is 4.71. The summed E-state index contributed by atoms with van der Waals surface area (Å²) in [6.07, 6.45) is 0. The highest BCUT2D eigenvalue weighted by molar-refractivity contribution is 7.81. The highest BCUT2D eigenvalue weighted by Crippen LogP contribution is 2.33. The molecule has 0 nitrogen and oxygen atoms in total. The summed E-state index contributed by atoms with van der Waals surface area (Å²) in [7, 11) is 0. The standard InChI is InChI=1S/C15H22S/c1-11(2)14(3,4)12-7-9-13(10-8-12)15(5,6)16/h7-10,16H,1H2,2-6H3. The van der Waals surface area contributed by atoms with Crippen molar-refractivity contribution in [1.29, 1.82) is 0 Å². The van der Waals surface area contributed by atoms with E-state index in [4.69, 9.17) is 0 Å². The molecule has 0 atom stereocenters. The molecule has 0 saturated carbocycles. The summed E-state index contributed by atoms with van der Waals surface area (Å²) in [5.74, 6) is 0. The molecule has 0 saturated heterocycles. The second-order valence-electron chi connectivity index (χ2n) is 5.54. The van der Waals surface area contributed by atoms with E-state index in [-0.39, 0.29) is 10.2 Å². The summed E-state index contributed by atoms with van der Waals surface area (Å²) in [5, 5.41) is 0. The molecular weight excluding hydrogens is 212 g/mol. The van der Waals surface area contributed by atoms with Crippen molar-refractivity contribution in [2.75, 3.05) is 0 Å². The van der Waals surface area contributed by atoms with Crippen LogP contribution in [0.15, 0.2) is 36.4 Å². The normalized spacial score (nSPS) is 12.6. The maximum absolute atomic E-state index is 4.57. The third-order valence-corrected chi connectivity index (χ3v) is 3.64. The van der Waals surface area contributed by atoms with Gasteiger partial charge in [-0.05, 0) is 31.9 Å². The molecule has 16 heavy (non-hydrogen) atoms. The molecule has 0 aliphatic rings. The Morgan fingerprint density at radius 2 is 1.38 bits per heavy atom. The van der Waals surface area contributed by atoms with Crippen LogP contribution in [0, 0.1) is 0 Å². The zero-order valence-electron chi connectivity index (χ0n) is 11.0. The smallest absolute Gasteiger partial charge is 0.0322 e. The molecule has 0 spiro atoms. The van der Waals surface area contributed by atoms with Crippen LogP contribution in [0.25, 0.3) is 0 Å². The van der Waals surface area contributed by atoms with Crippen LogP contribution in [0.4, 0.5) is 0 Å². The Hall–Kier alpha value is -0.690. The SMILES string of the molecule is C=C(C)C(C)(C)c1ccc(C(C)(C)S)cc1. The number of hydrogen-bond acceptors (Lipinski definition) is 1. The maximum atomic E-state index is 4.57. The molecular formula is C15H22S. The Morgan fingerprint density at radius 3 is 1.69 bits per heavy atom. The maximum Gasteiger partial charge on any atom is 0.0322 e. The van der Waals surface area contributed by atoms with Crippen molar-refractivity contribution in [3.8, 4) is 0 Å². The van der Waals surface area contributed by atoms with Gasteiger partial charge in [-0.3, -0.25) is 0 Å². The first-order valence-electron chi connectivity index (χ1n) is 5.65. The second-order valence-corrected chi connectivity index (χ2v) is 6.66. The van der Waals surface area contributed by atoms with E-state index in [0.717, 1.165) is 0 Å². The van der Waals surface area contributed by atoms with E-state index in [9.17, 15) is 0 Å². The monoisotopic (exact) mass is 234 g/mol. The highest BCUT2D eigenvalue weighted by Gasteiger charge is 2.22. The molecule has 88 valence electrons. The molecule has 0 aliphatic heterocycles. The first-order valence-corrected chi connectivity index (χ1v) is 6.10.